The number of nitro benzene ring substituents is 1. The molecule has 11 nitrogen and oxygen atoms in total. The van der Waals surface area contributed by atoms with E-state index in [1.807, 2.05) is 25.5 Å². The Balaban J connectivity index is 1.48. The number of hydrogen-bond donors (Lipinski definition) is 1. The number of nitrogens with one attached hydrogen (secondary N) is 1. The van der Waals surface area contributed by atoms with Gasteiger partial charge in [-0.2, -0.15) is 19.7 Å². The number of nitro groups is 1. The first-order valence-electron chi connectivity index (χ1n) is 11.2. The Labute approximate surface area is 205 Å². The van der Waals surface area contributed by atoms with Crippen molar-refractivity contribution in [3.8, 4) is 11.3 Å². The predicted octanol–water partition coefficient (Wildman–Crippen LogP) is 4.12. The van der Waals surface area contributed by atoms with Crippen LogP contribution in [0, 0.1) is 30.9 Å². The molecule has 5 rings (SSSR count). The number of nitrogens with zero attached hydrogens (tertiary/aromatic N) is 7. The molecule has 0 bridgehead atoms. The maximum absolute atomic E-state index is 13.4. The lowest BCUT2D eigenvalue weighted by atomic mass is 10.1. The summed E-state index contributed by atoms with van der Waals surface area (Å²) in [4.78, 5) is 32.7. The van der Waals surface area contributed by atoms with Crippen molar-refractivity contribution in [1.82, 2.24) is 29.4 Å². The Kier molecular flexibility index (Phi) is 5.72. The Morgan fingerprint density at radius 2 is 1.86 bits per heavy atom. The van der Waals surface area contributed by atoms with Gasteiger partial charge < -0.3 is 5.32 Å². The minimum Gasteiger partial charge on any atom is -0.317 e. The highest BCUT2D eigenvalue weighted by Crippen LogP contribution is 2.25. The van der Waals surface area contributed by atoms with Crippen molar-refractivity contribution < 1.29 is 9.72 Å². The number of rotatable bonds is 6. The zero-order chi connectivity index (χ0) is 25.4. The number of aromatic nitrogens is 6. The minimum atomic E-state index is -0.480. The maximum atomic E-state index is 13.4. The Bertz CT molecular complexity index is 1620. The molecule has 0 aliphatic heterocycles. The lowest BCUT2D eigenvalue weighted by Crippen LogP contribution is -2.18. The molecule has 11 heteroatoms. The van der Waals surface area contributed by atoms with Crippen LogP contribution in [0.3, 0.4) is 0 Å². The van der Waals surface area contributed by atoms with Crippen LogP contribution in [0.25, 0.3) is 17.0 Å². The Hall–Kier alpha value is -4.93. The van der Waals surface area contributed by atoms with Crippen molar-refractivity contribution in [3.63, 3.8) is 0 Å². The third-order valence-corrected chi connectivity index (χ3v) is 5.91. The van der Waals surface area contributed by atoms with Crippen molar-refractivity contribution in [2.24, 2.45) is 0 Å². The topological polar surface area (TPSA) is 133 Å². The molecule has 0 fully saturated rings. The first-order valence-corrected chi connectivity index (χ1v) is 11.2. The fourth-order valence-corrected chi connectivity index (χ4v) is 3.98. The number of fused-ring (bicyclic) bond motifs is 1. The molecular weight excluding hydrogens is 460 g/mol. The monoisotopic (exact) mass is 482 g/mol. The molecule has 0 aliphatic rings. The van der Waals surface area contributed by atoms with Crippen LogP contribution < -0.4 is 5.32 Å². The molecule has 1 N–H and O–H groups in total. The molecule has 2 aromatic carbocycles. The summed E-state index contributed by atoms with van der Waals surface area (Å²) in [5.41, 5.74) is 5.34. The van der Waals surface area contributed by atoms with Crippen LogP contribution in [0.4, 0.5) is 11.4 Å². The summed E-state index contributed by atoms with van der Waals surface area (Å²) in [7, 11) is 0. The van der Waals surface area contributed by atoms with Gasteiger partial charge in [-0.3, -0.25) is 19.6 Å². The number of non-ortho nitro benzene ring substituents is 1. The van der Waals surface area contributed by atoms with Crippen molar-refractivity contribution in [1.29, 1.82) is 0 Å². The first-order chi connectivity index (χ1) is 17.3. The van der Waals surface area contributed by atoms with Gasteiger partial charge in [-0.15, -0.1) is 0 Å². The van der Waals surface area contributed by atoms with E-state index in [0.29, 0.717) is 29.2 Å². The van der Waals surface area contributed by atoms with Gasteiger partial charge in [-0.1, -0.05) is 42.0 Å². The lowest BCUT2D eigenvalue weighted by molar-refractivity contribution is -0.384. The normalized spacial score (nSPS) is 11.1. The molecule has 0 saturated heterocycles. The number of carbonyl (C=O) groups excluding carboxylic acids is 1. The van der Waals surface area contributed by atoms with Crippen LogP contribution in [0.2, 0.25) is 0 Å². The molecule has 0 aliphatic carbocycles. The van der Waals surface area contributed by atoms with Crippen molar-refractivity contribution in [2.75, 3.05) is 5.32 Å². The van der Waals surface area contributed by atoms with Gasteiger partial charge >= 0.3 is 0 Å². The molecule has 0 atom stereocenters. The first kappa shape index (κ1) is 22.8. The highest BCUT2D eigenvalue weighted by Gasteiger charge is 2.20. The fraction of sp³-hybridized carbons (Fsp3) is 0.160. The molecule has 36 heavy (non-hydrogen) atoms. The molecule has 1 amide bonds. The summed E-state index contributed by atoms with van der Waals surface area (Å²) in [6.07, 6.45) is 1.30. The predicted molar refractivity (Wildman–Crippen MR) is 133 cm³/mol. The molecule has 0 radical (unpaired) electrons. The summed E-state index contributed by atoms with van der Waals surface area (Å²) in [6.45, 7) is 6.34. The van der Waals surface area contributed by atoms with E-state index < -0.39 is 10.8 Å². The number of amides is 1. The van der Waals surface area contributed by atoms with Gasteiger partial charge in [0.1, 0.15) is 12.0 Å². The summed E-state index contributed by atoms with van der Waals surface area (Å²) in [5, 5.41) is 22.9. The van der Waals surface area contributed by atoms with Gasteiger partial charge in [0.05, 0.1) is 34.2 Å². The number of aryl methyl sites for hydroxylation is 2. The highest BCUT2D eigenvalue weighted by molar-refractivity contribution is 6.04. The van der Waals surface area contributed by atoms with Crippen LogP contribution in [0.1, 0.15) is 33.0 Å². The number of benzene rings is 2. The third kappa shape index (κ3) is 4.29. The molecule has 3 heterocycles. The van der Waals surface area contributed by atoms with Crippen LogP contribution in [0.15, 0.2) is 60.9 Å². The molecular formula is C25H22N8O3. The van der Waals surface area contributed by atoms with E-state index >= 15 is 0 Å². The zero-order valence-electron chi connectivity index (χ0n) is 19.8. The van der Waals surface area contributed by atoms with E-state index in [-0.39, 0.29) is 17.2 Å². The average molecular weight is 483 g/mol. The summed E-state index contributed by atoms with van der Waals surface area (Å²) < 4.78 is 3.18. The zero-order valence-corrected chi connectivity index (χ0v) is 19.8. The largest absolute Gasteiger partial charge is 0.317 e. The molecule has 0 unspecified atom stereocenters. The van der Waals surface area contributed by atoms with Gasteiger partial charge in [0.15, 0.2) is 0 Å². The third-order valence-electron chi connectivity index (χ3n) is 5.91. The van der Waals surface area contributed by atoms with E-state index in [2.05, 4.69) is 49.7 Å². The second-order valence-electron chi connectivity index (χ2n) is 8.45. The lowest BCUT2D eigenvalue weighted by Gasteiger charge is -2.10. The van der Waals surface area contributed by atoms with E-state index in [4.69, 9.17) is 0 Å². The molecule has 3 aromatic heterocycles. The van der Waals surface area contributed by atoms with Gasteiger partial charge in [-0.25, -0.2) is 4.98 Å². The Morgan fingerprint density at radius 1 is 1.08 bits per heavy atom. The smallest absolute Gasteiger partial charge is 0.274 e. The van der Waals surface area contributed by atoms with Crippen LogP contribution in [-0.2, 0) is 6.54 Å². The fourth-order valence-electron chi connectivity index (χ4n) is 3.98. The Morgan fingerprint density at radius 3 is 2.61 bits per heavy atom. The van der Waals surface area contributed by atoms with E-state index in [1.165, 1.54) is 34.6 Å². The van der Waals surface area contributed by atoms with Crippen molar-refractivity contribution in [3.05, 3.63) is 99.2 Å². The van der Waals surface area contributed by atoms with Crippen LogP contribution in [0.5, 0.6) is 0 Å². The standard InChI is InChI=1S/C25H22N8O3/c1-15-7-9-18(10-8-15)13-31-17(3)23(16(2)30-31)29-24(34)22-12-21(28-25-26-14-27-32(22)25)19-5-4-6-20(11-19)33(35)36/h4-12,14H,13H2,1-3H3,(H,29,34). The SMILES string of the molecule is Cc1ccc(Cn2nc(C)c(NC(=O)c3cc(-c4cccc([N+](=O)[O-])c4)nc4ncnn34)c2C)cc1. The van der Waals surface area contributed by atoms with Crippen LogP contribution in [-0.4, -0.2) is 40.2 Å². The van der Waals surface area contributed by atoms with E-state index in [1.54, 1.807) is 12.1 Å². The molecule has 0 spiro atoms. The maximum Gasteiger partial charge on any atom is 0.274 e. The second-order valence-corrected chi connectivity index (χ2v) is 8.45. The van der Waals surface area contributed by atoms with Gasteiger partial charge in [-0.05, 0) is 32.4 Å². The van der Waals surface area contributed by atoms with Gasteiger partial charge in [0, 0.05) is 17.7 Å². The van der Waals surface area contributed by atoms with Crippen molar-refractivity contribution >= 4 is 23.1 Å². The quantitative estimate of drug-likeness (QED) is 0.284. The van der Waals surface area contributed by atoms with Gasteiger partial charge in [0.2, 0.25) is 0 Å². The number of anilines is 1. The summed E-state index contributed by atoms with van der Waals surface area (Å²) >= 11 is 0. The van der Waals surface area contributed by atoms with Crippen molar-refractivity contribution in [2.45, 2.75) is 27.3 Å². The van der Waals surface area contributed by atoms with Crippen LogP contribution >= 0.6 is 0 Å². The van der Waals surface area contributed by atoms with E-state index in [9.17, 15) is 14.9 Å². The number of hydrogen-bond acceptors (Lipinski definition) is 7. The molecule has 0 saturated carbocycles. The molecule has 5 aromatic rings. The molecule has 180 valence electrons. The second kappa shape index (κ2) is 9.02. The average Bonchev–Trinajstić information content (AvgIpc) is 3.45. The number of carbonyl (C=O) groups is 1. The van der Waals surface area contributed by atoms with E-state index in [0.717, 1.165) is 11.3 Å². The summed E-state index contributed by atoms with van der Waals surface area (Å²) in [5.74, 6) is -0.228. The highest BCUT2D eigenvalue weighted by atomic mass is 16.6. The minimum absolute atomic E-state index is 0.0751. The summed E-state index contributed by atoms with van der Waals surface area (Å²) in [6, 6.07) is 15.8. The van der Waals surface area contributed by atoms with Gasteiger partial charge in [0.25, 0.3) is 17.4 Å².